The number of para-hydroxylation sites is 2. The van der Waals surface area contributed by atoms with E-state index in [1.807, 2.05) is 59.5 Å². The fourth-order valence-electron chi connectivity index (χ4n) is 7.00. The van der Waals surface area contributed by atoms with Crippen molar-refractivity contribution in [2.75, 3.05) is 17.3 Å². The number of ether oxygens (including phenoxy) is 1. The van der Waals surface area contributed by atoms with E-state index >= 15 is 0 Å². The Labute approximate surface area is 246 Å². The Morgan fingerprint density at radius 1 is 0.907 bits per heavy atom. The Kier molecular flexibility index (Phi) is 5.98. The summed E-state index contributed by atoms with van der Waals surface area (Å²) in [6, 6.07) is 25.0. The summed E-state index contributed by atoms with van der Waals surface area (Å²) in [5, 5.41) is 14.6. The van der Waals surface area contributed by atoms with Crippen LogP contribution in [0.25, 0.3) is 6.08 Å². The number of non-ortho nitro benzene ring substituents is 1. The quantitative estimate of drug-likeness (QED) is 0.185. The van der Waals surface area contributed by atoms with E-state index in [0.29, 0.717) is 28.3 Å². The van der Waals surface area contributed by atoms with E-state index in [0.717, 1.165) is 5.56 Å². The van der Waals surface area contributed by atoms with Crippen molar-refractivity contribution in [2.24, 2.45) is 5.92 Å². The van der Waals surface area contributed by atoms with Crippen LogP contribution in [0.3, 0.4) is 0 Å². The minimum Gasteiger partial charge on any atom is -0.497 e. The molecule has 0 aliphatic carbocycles. The molecule has 4 atom stereocenters. The fourth-order valence-corrected chi connectivity index (χ4v) is 7.00. The molecular formula is C34H25N3O6. The Morgan fingerprint density at radius 2 is 1.65 bits per heavy atom. The lowest BCUT2D eigenvalue weighted by molar-refractivity contribution is -0.384. The van der Waals surface area contributed by atoms with Crippen LogP contribution in [-0.2, 0) is 10.2 Å². The van der Waals surface area contributed by atoms with E-state index < -0.39 is 39.9 Å². The SMILES string of the molecule is COc1ccc(C(=O)[C@@H]2[C@H](C(=O)c3cccc([N+](=O)[O-])c3)N3c4ccccc4C=C[C@@H]3[C@]23C(=O)Nc2ccccc23)cc1. The van der Waals surface area contributed by atoms with Crippen LogP contribution in [0.15, 0.2) is 103 Å². The average Bonchev–Trinajstić information content (AvgIpc) is 3.52. The summed E-state index contributed by atoms with van der Waals surface area (Å²) >= 11 is 0. The molecule has 1 spiro atoms. The lowest BCUT2D eigenvalue weighted by atomic mass is 9.64. The van der Waals surface area contributed by atoms with E-state index in [1.165, 1.54) is 31.4 Å². The number of Topliss-reactive ketones (excluding diaryl/α,β-unsaturated/α-hetero) is 2. The summed E-state index contributed by atoms with van der Waals surface area (Å²) in [6.07, 6.45) is 3.81. The first kappa shape index (κ1) is 26.3. The number of nitrogens with one attached hydrogen (secondary N) is 1. The number of nitrogens with zero attached hydrogens (tertiary/aromatic N) is 2. The number of rotatable bonds is 6. The lowest BCUT2D eigenvalue weighted by Crippen LogP contribution is -2.51. The molecule has 3 heterocycles. The highest BCUT2D eigenvalue weighted by atomic mass is 16.6. The highest BCUT2D eigenvalue weighted by molar-refractivity contribution is 6.18. The van der Waals surface area contributed by atoms with Gasteiger partial charge < -0.3 is 15.0 Å². The molecule has 1 N–H and O–H groups in total. The van der Waals surface area contributed by atoms with Crippen molar-refractivity contribution >= 4 is 40.6 Å². The van der Waals surface area contributed by atoms with Crippen molar-refractivity contribution in [3.63, 3.8) is 0 Å². The number of nitro benzene ring substituents is 1. The van der Waals surface area contributed by atoms with Crippen LogP contribution in [0, 0.1) is 16.0 Å². The van der Waals surface area contributed by atoms with E-state index in [-0.39, 0.29) is 17.2 Å². The van der Waals surface area contributed by atoms with Crippen molar-refractivity contribution < 1.29 is 24.0 Å². The summed E-state index contributed by atoms with van der Waals surface area (Å²) in [5.41, 5.74) is 1.42. The number of benzene rings is 4. The summed E-state index contributed by atoms with van der Waals surface area (Å²) in [5.74, 6) is -1.88. The van der Waals surface area contributed by atoms with Gasteiger partial charge in [-0.2, -0.15) is 0 Å². The number of anilines is 2. The lowest BCUT2D eigenvalue weighted by Gasteiger charge is -2.37. The summed E-state index contributed by atoms with van der Waals surface area (Å²) in [7, 11) is 1.53. The number of hydrogen-bond acceptors (Lipinski definition) is 7. The average molecular weight is 572 g/mol. The number of hydrogen-bond donors (Lipinski definition) is 1. The van der Waals surface area contributed by atoms with E-state index in [1.54, 1.807) is 30.3 Å². The van der Waals surface area contributed by atoms with Crippen molar-refractivity contribution in [3.8, 4) is 5.75 Å². The normalized spacial score (nSPS) is 22.9. The Hall–Kier alpha value is -5.57. The monoisotopic (exact) mass is 571 g/mol. The van der Waals surface area contributed by atoms with Gasteiger partial charge in [-0.1, -0.05) is 60.7 Å². The van der Waals surface area contributed by atoms with Gasteiger partial charge in [0.05, 0.1) is 24.0 Å². The maximum Gasteiger partial charge on any atom is 0.270 e. The molecule has 7 rings (SSSR count). The van der Waals surface area contributed by atoms with Crippen LogP contribution >= 0.6 is 0 Å². The molecule has 1 saturated heterocycles. The largest absolute Gasteiger partial charge is 0.497 e. The zero-order valence-electron chi connectivity index (χ0n) is 23.0. The van der Waals surface area contributed by atoms with Gasteiger partial charge in [-0.15, -0.1) is 0 Å². The van der Waals surface area contributed by atoms with E-state index in [2.05, 4.69) is 5.32 Å². The van der Waals surface area contributed by atoms with Crippen molar-refractivity contribution in [3.05, 3.63) is 136 Å². The van der Waals surface area contributed by atoms with Crippen LogP contribution in [0.4, 0.5) is 17.1 Å². The molecule has 212 valence electrons. The van der Waals surface area contributed by atoms with Gasteiger partial charge in [0.2, 0.25) is 5.91 Å². The van der Waals surface area contributed by atoms with Crippen LogP contribution in [0.5, 0.6) is 5.75 Å². The molecule has 4 aromatic rings. The molecule has 3 aliphatic rings. The highest BCUT2D eigenvalue weighted by Crippen LogP contribution is 2.58. The molecule has 0 bridgehead atoms. The number of nitro groups is 1. The van der Waals surface area contributed by atoms with E-state index in [9.17, 15) is 24.5 Å². The third kappa shape index (κ3) is 3.74. The van der Waals surface area contributed by atoms with Crippen molar-refractivity contribution in [2.45, 2.75) is 17.5 Å². The molecule has 0 unspecified atom stereocenters. The molecule has 4 aromatic carbocycles. The highest BCUT2D eigenvalue weighted by Gasteiger charge is 2.70. The standard InChI is InChI=1S/C34H25N3O6/c1-43-24-16-13-21(14-17-24)31(38)29-30(32(39)22-8-6-9-23(19-22)37(41)42)36-27-12-5-2-7-20(27)15-18-28(36)34(29)25-10-3-4-11-26(25)35-33(34)40/h2-19,28-30H,1H3,(H,35,40)/t28-,29+,30-,34+/m1/s1. The van der Waals surface area contributed by atoms with Crippen LogP contribution in [0.2, 0.25) is 0 Å². The number of fused-ring (bicyclic) bond motifs is 6. The minimum atomic E-state index is -1.47. The molecule has 3 aliphatic heterocycles. The number of carbonyl (C=O) groups excluding carboxylic acids is 3. The summed E-state index contributed by atoms with van der Waals surface area (Å²) in [6.45, 7) is 0. The molecule has 9 nitrogen and oxygen atoms in total. The molecule has 0 saturated carbocycles. The van der Waals surface area contributed by atoms with Gasteiger partial charge in [0.1, 0.15) is 17.2 Å². The van der Waals surface area contributed by atoms with Crippen LogP contribution < -0.4 is 15.0 Å². The van der Waals surface area contributed by atoms with Gasteiger partial charge in [-0.25, -0.2) is 0 Å². The zero-order valence-corrected chi connectivity index (χ0v) is 23.0. The van der Waals surface area contributed by atoms with Crippen LogP contribution in [0.1, 0.15) is 31.8 Å². The van der Waals surface area contributed by atoms with Gasteiger partial charge >= 0.3 is 0 Å². The second-order valence-corrected chi connectivity index (χ2v) is 10.8. The third-order valence-corrected chi connectivity index (χ3v) is 8.81. The van der Waals surface area contributed by atoms with Gasteiger partial charge in [-0.3, -0.25) is 24.5 Å². The Morgan fingerprint density at radius 3 is 2.42 bits per heavy atom. The first-order valence-corrected chi connectivity index (χ1v) is 13.8. The molecule has 1 fully saturated rings. The first-order chi connectivity index (χ1) is 20.9. The van der Waals surface area contributed by atoms with Crippen molar-refractivity contribution in [1.82, 2.24) is 0 Å². The number of ketones is 2. The molecule has 1 amide bonds. The van der Waals surface area contributed by atoms with Gasteiger partial charge in [0.15, 0.2) is 11.6 Å². The van der Waals surface area contributed by atoms with E-state index in [4.69, 9.17) is 4.74 Å². The summed E-state index contributed by atoms with van der Waals surface area (Å²) in [4.78, 5) is 56.8. The third-order valence-electron chi connectivity index (χ3n) is 8.81. The number of amides is 1. The van der Waals surface area contributed by atoms with Gasteiger partial charge in [0.25, 0.3) is 5.69 Å². The van der Waals surface area contributed by atoms with Gasteiger partial charge in [-0.05, 0) is 47.5 Å². The number of carbonyl (C=O) groups is 3. The predicted molar refractivity (Wildman–Crippen MR) is 161 cm³/mol. The predicted octanol–water partition coefficient (Wildman–Crippen LogP) is 5.46. The topological polar surface area (TPSA) is 119 Å². The zero-order chi connectivity index (χ0) is 29.9. The van der Waals surface area contributed by atoms with Gasteiger partial charge in [0, 0.05) is 34.6 Å². The smallest absolute Gasteiger partial charge is 0.270 e. The maximum absolute atomic E-state index is 14.8. The molecule has 43 heavy (non-hydrogen) atoms. The number of methoxy groups -OCH3 is 1. The molecular weight excluding hydrogens is 546 g/mol. The Bertz CT molecular complexity index is 1870. The molecule has 0 aromatic heterocycles. The second kappa shape index (κ2) is 9.77. The Balaban J connectivity index is 1.52. The fraction of sp³-hybridized carbons (Fsp3) is 0.147. The summed E-state index contributed by atoms with van der Waals surface area (Å²) < 4.78 is 5.29. The van der Waals surface area contributed by atoms with Crippen LogP contribution in [-0.4, -0.2) is 41.6 Å². The molecule has 9 heteroatoms. The van der Waals surface area contributed by atoms with Crippen molar-refractivity contribution in [1.29, 1.82) is 0 Å². The minimum absolute atomic E-state index is 0.0845. The second-order valence-electron chi connectivity index (χ2n) is 10.8. The molecule has 0 radical (unpaired) electrons. The first-order valence-electron chi connectivity index (χ1n) is 13.8. The maximum atomic E-state index is 14.8.